The number of benzene rings is 1. The summed E-state index contributed by atoms with van der Waals surface area (Å²) in [4.78, 5) is 40.4. The van der Waals surface area contributed by atoms with E-state index >= 15 is 0 Å². The molecule has 0 aliphatic carbocycles. The molecule has 15 heteroatoms. The number of carboxylic acids is 1. The molecule has 1 aliphatic rings. The smallest absolute Gasteiger partial charge is 0.328 e. The van der Waals surface area contributed by atoms with Crippen molar-refractivity contribution >= 4 is 23.6 Å². The molecule has 0 unspecified atom stereocenters. The second kappa shape index (κ2) is 11.5. The van der Waals surface area contributed by atoms with Crippen LogP contribution in [0.4, 0.5) is 10.5 Å². The number of ether oxygens (including phenoxy) is 2. The highest BCUT2D eigenvalue weighted by atomic mass is 16.6. The highest BCUT2D eigenvalue weighted by Gasteiger charge is 2.29. The van der Waals surface area contributed by atoms with Gasteiger partial charge in [-0.1, -0.05) is 5.16 Å². The largest absolute Gasteiger partial charge is 0.486 e. The fourth-order valence-corrected chi connectivity index (χ4v) is 3.07. The van der Waals surface area contributed by atoms with Crippen LogP contribution in [0.15, 0.2) is 22.7 Å². The quantitative estimate of drug-likeness (QED) is 0.212. The van der Waals surface area contributed by atoms with Crippen LogP contribution in [-0.2, 0) is 9.59 Å². The third kappa shape index (κ3) is 6.78. The Balaban J connectivity index is 1.74. The number of hydrogen-bond acceptors (Lipinski definition) is 11. The lowest BCUT2D eigenvalue weighted by molar-refractivity contribution is -0.141. The topological polar surface area (TPSA) is 231 Å². The monoisotopic (exact) mass is 494 g/mol. The van der Waals surface area contributed by atoms with Crippen LogP contribution in [0.1, 0.15) is 37.1 Å². The molecule has 0 spiro atoms. The Labute approximate surface area is 198 Å². The predicted molar refractivity (Wildman–Crippen MR) is 117 cm³/mol. The van der Waals surface area contributed by atoms with Gasteiger partial charge in [-0.3, -0.25) is 4.79 Å². The summed E-state index contributed by atoms with van der Waals surface area (Å²) in [7, 11) is 0. The first kappa shape index (κ1) is 25.7. The van der Waals surface area contributed by atoms with Gasteiger partial charge in [-0.15, -0.1) is 0 Å². The molecule has 0 radical (unpaired) electrons. The van der Waals surface area contributed by atoms with E-state index in [2.05, 4.69) is 26.1 Å². The van der Waals surface area contributed by atoms with Gasteiger partial charge in [0.1, 0.15) is 19.3 Å². The van der Waals surface area contributed by atoms with Crippen molar-refractivity contribution in [3.8, 4) is 11.5 Å². The SMILES string of the molecule is C[C@@H](O)[C@H](NC(=O)N[C@@H](CC(=O)Nc1ccc2c(c1)OCCO2)c1nc([C@@H](N)CO)no1)C(=O)O. The maximum absolute atomic E-state index is 12.7. The number of fused-ring (bicyclic) bond motifs is 1. The Morgan fingerprint density at radius 1 is 1.17 bits per heavy atom. The Hall–Kier alpha value is -3.95. The number of anilines is 1. The summed E-state index contributed by atoms with van der Waals surface area (Å²) in [6.45, 7) is 1.50. The molecule has 0 saturated carbocycles. The molecule has 2 heterocycles. The minimum atomic E-state index is -1.61. The molecule has 3 rings (SSSR count). The first-order valence-corrected chi connectivity index (χ1v) is 10.5. The van der Waals surface area contributed by atoms with Crippen LogP contribution in [0.5, 0.6) is 11.5 Å². The van der Waals surface area contributed by atoms with Gasteiger partial charge in [0.05, 0.1) is 25.2 Å². The van der Waals surface area contributed by atoms with Crippen molar-refractivity contribution in [1.29, 1.82) is 0 Å². The van der Waals surface area contributed by atoms with Crippen LogP contribution in [0, 0.1) is 0 Å². The number of carbonyl (C=O) groups is 3. The molecule has 2 aromatic rings. The van der Waals surface area contributed by atoms with Gasteiger partial charge in [-0.25, -0.2) is 9.59 Å². The molecule has 8 N–H and O–H groups in total. The lowest BCUT2D eigenvalue weighted by Crippen LogP contribution is -2.52. The highest BCUT2D eigenvalue weighted by Crippen LogP contribution is 2.32. The van der Waals surface area contributed by atoms with Crippen LogP contribution in [0.25, 0.3) is 0 Å². The number of urea groups is 1. The van der Waals surface area contributed by atoms with Crippen LogP contribution in [0.2, 0.25) is 0 Å². The van der Waals surface area contributed by atoms with Gasteiger partial charge >= 0.3 is 12.0 Å². The fraction of sp³-hybridized carbons (Fsp3) is 0.450. The standard InChI is InChI=1S/C20H26N6O9/c1-9(28)16(19(30)31)24-20(32)23-12(18-25-17(26-35-18)11(21)8-27)7-15(29)22-10-2-3-13-14(6-10)34-5-4-33-13/h2-3,6,9,11-12,16,27-28H,4-5,7-8,21H2,1H3,(H,22,29)(H,30,31)(H2,23,24,32)/t9-,11+,12+,16+/m1/s1. The summed E-state index contributed by atoms with van der Waals surface area (Å²) in [5.41, 5.74) is 6.07. The third-order valence-corrected chi connectivity index (χ3v) is 4.84. The Morgan fingerprint density at radius 2 is 1.89 bits per heavy atom. The molecule has 0 saturated heterocycles. The molecular weight excluding hydrogens is 468 g/mol. The average molecular weight is 494 g/mol. The molecule has 1 aromatic carbocycles. The molecule has 35 heavy (non-hydrogen) atoms. The van der Waals surface area contributed by atoms with E-state index in [0.717, 1.165) is 0 Å². The molecule has 3 amide bonds. The lowest BCUT2D eigenvalue weighted by Gasteiger charge is -2.21. The summed E-state index contributed by atoms with van der Waals surface area (Å²) in [5.74, 6) is -1.30. The number of carbonyl (C=O) groups excluding carboxylic acids is 2. The van der Waals surface area contributed by atoms with E-state index < -0.39 is 55.2 Å². The van der Waals surface area contributed by atoms with Crippen LogP contribution in [0.3, 0.4) is 0 Å². The molecule has 1 aliphatic heterocycles. The normalized spacial score (nSPS) is 15.9. The predicted octanol–water partition coefficient (Wildman–Crippen LogP) is -0.964. The van der Waals surface area contributed by atoms with Gasteiger partial charge in [0.2, 0.25) is 11.8 Å². The number of nitrogens with two attached hydrogens (primary N) is 1. The van der Waals surface area contributed by atoms with Gasteiger partial charge in [-0.2, -0.15) is 4.98 Å². The third-order valence-electron chi connectivity index (χ3n) is 4.84. The minimum Gasteiger partial charge on any atom is -0.486 e. The summed E-state index contributed by atoms with van der Waals surface area (Å²) < 4.78 is 16.0. The van der Waals surface area contributed by atoms with E-state index in [9.17, 15) is 24.6 Å². The van der Waals surface area contributed by atoms with Crippen molar-refractivity contribution in [2.24, 2.45) is 5.73 Å². The number of aliphatic hydroxyl groups excluding tert-OH is 2. The number of carboxylic acid groups (broad SMARTS) is 1. The van der Waals surface area contributed by atoms with Crippen molar-refractivity contribution in [3.05, 3.63) is 29.9 Å². The van der Waals surface area contributed by atoms with Crippen LogP contribution < -0.4 is 31.2 Å². The first-order valence-electron chi connectivity index (χ1n) is 10.5. The van der Waals surface area contributed by atoms with E-state index in [-0.39, 0.29) is 11.7 Å². The van der Waals surface area contributed by atoms with E-state index in [1.165, 1.54) is 6.92 Å². The van der Waals surface area contributed by atoms with Crippen LogP contribution >= 0.6 is 0 Å². The number of aliphatic hydroxyl groups is 2. The van der Waals surface area contributed by atoms with E-state index in [0.29, 0.717) is 30.4 Å². The Morgan fingerprint density at radius 3 is 2.54 bits per heavy atom. The van der Waals surface area contributed by atoms with Gasteiger partial charge < -0.3 is 51.0 Å². The van der Waals surface area contributed by atoms with Gasteiger partial charge in [0.25, 0.3) is 0 Å². The van der Waals surface area contributed by atoms with Gasteiger partial charge in [0.15, 0.2) is 23.4 Å². The molecule has 1 aromatic heterocycles. The molecular formula is C20H26N6O9. The van der Waals surface area contributed by atoms with Crippen LogP contribution in [-0.4, -0.2) is 75.3 Å². The lowest BCUT2D eigenvalue weighted by atomic mass is 10.1. The summed E-state index contributed by atoms with van der Waals surface area (Å²) in [6, 6.07) is 0.0294. The summed E-state index contributed by atoms with van der Waals surface area (Å²) >= 11 is 0. The molecule has 0 bridgehead atoms. The second-order valence-electron chi connectivity index (χ2n) is 7.62. The zero-order chi connectivity index (χ0) is 25.5. The number of amides is 3. The van der Waals surface area contributed by atoms with Gasteiger partial charge in [-0.05, 0) is 19.1 Å². The zero-order valence-corrected chi connectivity index (χ0v) is 18.6. The summed E-state index contributed by atoms with van der Waals surface area (Å²) in [5, 5.41) is 38.7. The molecule has 0 fully saturated rings. The second-order valence-corrected chi connectivity index (χ2v) is 7.62. The van der Waals surface area contributed by atoms with Gasteiger partial charge in [0, 0.05) is 11.8 Å². The average Bonchev–Trinajstić information content (AvgIpc) is 3.31. The van der Waals surface area contributed by atoms with Crippen molar-refractivity contribution in [3.63, 3.8) is 0 Å². The number of nitrogens with one attached hydrogen (secondary N) is 3. The van der Waals surface area contributed by atoms with Crippen molar-refractivity contribution in [2.45, 2.75) is 37.6 Å². The highest BCUT2D eigenvalue weighted by molar-refractivity contribution is 5.92. The number of aliphatic carboxylic acids is 1. The van der Waals surface area contributed by atoms with Crippen molar-refractivity contribution < 1.29 is 43.7 Å². The first-order chi connectivity index (χ1) is 16.7. The van der Waals surface area contributed by atoms with E-state index in [1.54, 1.807) is 18.2 Å². The maximum atomic E-state index is 12.7. The minimum absolute atomic E-state index is 0.0608. The zero-order valence-electron chi connectivity index (χ0n) is 18.6. The molecule has 15 nitrogen and oxygen atoms in total. The van der Waals surface area contributed by atoms with E-state index in [4.69, 9.17) is 24.8 Å². The molecule has 190 valence electrons. The van der Waals surface area contributed by atoms with Crippen molar-refractivity contribution in [2.75, 3.05) is 25.1 Å². The number of rotatable bonds is 10. The Bertz CT molecular complexity index is 1060. The van der Waals surface area contributed by atoms with E-state index in [1.807, 2.05) is 0 Å². The number of nitrogens with zero attached hydrogens (tertiary/aromatic N) is 2. The number of aromatic nitrogens is 2. The summed E-state index contributed by atoms with van der Waals surface area (Å²) in [6.07, 6.45) is -1.79. The van der Waals surface area contributed by atoms with Crippen molar-refractivity contribution in [1.82, 2.24) is 20.8 Å². The fourth-order valence-electron chi connectivity index (χ4n) is 3.07. The Kier molecular flexibility index (Phi) is 8.40. The molecule has 4 atom stereocenters. The maximum Gasteiger partial charge on any atom is 0.328 e. The number of hydrogen-bond donors (Lipinski definition) is 7.